The third-order valence-electron chi connectivity index (χ3n) is 2.44. The van der Waals surface area contributed by atoms with Gasteiger partial charge in [-0.15, -0.1) is 35.1 Å². The minimum absolute atomic E-state index is 0. The third-order valence-corrected chi connectivity index (χ3v) is 4.82. The van der Waals surface area contributed by atoms with Gasteiger partial charge in [0.15, 0.2) is 0 Å². The van der Waals surface area contributed by atoms with E-state index in [4.69, 9.17) is 0 Å². The summed E-state index contributed by atoms with van der Waals surface area (Å²) in [5, 5.41) is 3.53. The zero-order valence-electron chi connectivity index (χ0n) is 8.53. The van der Waals surface area contributed by atoms with Crippen molar-refractivity contribution in [3.63, 3.8) is 0 Å². The zero-order chi connectivity index (χ0) is 10.4. The summed E-state index contributed by atoms with van der Waals surface area (Å²) >= 11 is 3.32. The van der Waals surface area contributed by atoms with Crippen LogP contribution in [0, 0.1) is 44.1 Å². The molecule has 1 nitrogen and oxygen atoms in total. The van der Waals surface area contributed by atoms with Gasteiger partial charge in [0.05, 0.1) is 4.01 Å². The molecule has 0 radical (unpaired) electrons. The van der Waals surface area contributed by atoms with Crippen molar-refractivity contribution in [2.45, 2.75) is 6.92 Å². The van der Waals surface area contributed by atoms with Crippen molar-refractivity contribution in [2.24, 2.45) is 0 Å². The molecule has 3 aromatic rings. The summed E-state index contributed by atoms with van der Waals surface area (Å²) in [5.74, 6) is 0. The van der Waals surface area contributed by atoms with E-state index in [1.54, 1.807) is 22.7 Å². The Hall–Kier alpha value is -0.138. The van der Waals surface area contributed by atoms with Crippen molar-refractivity contribution in [1.82, 2.24) is 0 Å². The normalized spacial score (nSPS) is 10.6. The number of hydrogen-bond acceptors (Lipinski definition) is 3. The first-order chi connectivity index (χ1) is 7.27. The minimum Gasteiger partial charge on any atom is -0.346 e. The van der Waals surface area contributed by atoms with E-state index in [-0.39, 0.29) is 36.5 Å². The molecule has 1 aromatic carbocycles. The van der Waals surface area contributed by atoms with Crippen LogP contribution in [0.2, 0.25) is 0 Å². The first kappa shape index (κ1) is 12.3. The number of fused-ring (bicyclic) bond motifs is 2. The van der Waals surface area contributed by atoms with Crippen LogP contribution in [0.15, 0.2) is 28.4 Å². The largest absolute Gasteiger partial charge is 0.346 e. The second-order valence-corrected chi connectivity index (χ2v) is 5.61. The molecule has 78 valence electrons. The zero-order valence-corrected chi connectivity index (χ0v) is 14.3. The summed E-state index contributed by atoms with van der Waals surface area (Å²) in [7, 11) is 0. The third kappa shape index (κ3) is 1.78. The molecule has 0 atom stereocenters. The number of hydrogen-bond donors (Lipinski definition) is 0. The Morgan fingerprint density at radius 2 is 2.12 bits per heavy atom. The predicted octanol–water partition coefficient (Wildman–Crippen LogP) is 3.58. The number of rotatable bonds is 0. The van der Waals surface area contributed by atoms with Crippen molar-refractivity contribution >= 4 is 42.2 Å². The maximum atomic E-state index is 12.1. The van der Waals surface area contributed by atoms with Gasteiger partial charge in [-0.1, -0.05) is 12.3 Å². The quantitative estimate of drug-likeness (QED) is 0.460. The van der Waals surface area contributed by atoms with Gasteiger partial charge in [-0.25, -0.2) is 0 Å². The fourth-order valence-corrected chi connectivity index (χ4v) is 3.82. The minimum atomic E-state index is 0. The Labute approximate surface area is 124 Å². The average Bonchev–Trinajstić information content (AvgIpc) is 2.68. The molecule has 0 spiro atoms. The molecule has 0 saturated carbocycles. The molecule has 0 saturated heterocycles. The molecule has 0 bridgehead atoms. The second kappa shape index (κ2) is 4.62. The van der Waals surface area contributed by atoms with E-state index < -0.39 is 0 Å². The van der Waals surface area contributed by atoms with Gasteiger partial charge in [0.2, 0.25) is 0 Å². The summed E-state index contributed by atoms with van der Waals surface area (Å²) in [4.78, 5) is 12.1. The Morgan fingerprint density at radius 1 is 1.31 bits per heavy atom. The van der Waals surface area contributed by atoms with Crippen molar-refractivity contribution < 1.29 is 31.1 Å². The summed E-state index contributed by atoms with van der Waals surface area (Å²) in [6.45, 7) is 2.03. The topological polar surface area (TPSA) is 17.1 Å². The molecule has 0 unspecified atom stereocenters. The Kier molecular flexibility index (Phi) is 3.56. The maximum Gasteiger partial charge on any atom is 0.111 e. The van der Waals surface area contributed by atoms with E-state index in [0.29, 0.717) is 0 Å². The summed E-state index contributed by atoms with van der Waals surface area (Å²) < 4.78 is 2.17. The number of benzene rings is 1. The number of aryl methyl sites for hydroxylation is 1. The van der Waals surface area contributed by atoms with Crippen LogP contribution in [-0.2, 0) is 0 Å². The molecule has 4 heteroatoms. The maximum absolute atomic E-state index is 12.1. The molecular weight excluding hydrogens is 462 g/mol. The molecule has 0 aliphatic heterocycles. The van der Waals surface area contributed by atoms with Crippen LogP contribution in [-0.4, -0.2) is 0 Å². The van der Waals surface area contributed by atoms with E-state index in [0.717, 1.165) is 25.0 Å². The van der Waals surface area contributed by atoms with Crippen LogP contribution in [0.1, 0.15) is 5.56 Å². The van der Waals surface area contributed by atoms with E-state index in [1.807, 2.05) is 30.5 Å². The van der Waals surface area contributed by atoms with Gasteiger partial charge in [0.1, 0.15) is 5.43 Å². The first-order valence-corrected chi connectivity index (χ1v) is 6.28. The summed E-state index contributed by atoms with van der Waals surface area (Å²) in [6, 6.07) is 8.76. The smallest absolute Gasteiger partial charge is 0.111 e. The monoisotopic (exact) mass is 469 g/mol. The van der Waals surface area contributed by atoms with Gasteiger partial charge < -0.3 is 4.79 Å². The van der Waals surface area contributed by atoms with E-state index in [1.165, 1.54) is 0 Å². The molecule has 3 rings (SSSR count). The molecule has 0 N–H and O–H groups in total. The van der Waals surface area contributed by atoms with E-state index in [9.17, 15) is 4.79 Å². The Bertz CT molecular complexity index is 712. The van der Waals surface area contributed by atoms with Crippen LogP contribution in [0.25, 0.3) is 19.5 Å². The Morgan fingerprint density at radius 3 is 2.94 bits per heavy atom. The predicted molar refractivity (Wildman–Crippen MR) is 67.1 cm³/mol. The fraction of sp³-hybridized carbons (Fsp3) is 0.0833. The van der Waals surface area contributed by atoms with Crippen molar-refractivity contribution in [2.75, 3.05) is 0 Å². The summed E-state index contributed by atoms with van der Waals surface area (Å²) in [5.41, 5.74) is 1.27. The number of thiophene rings is 1. The molecule has 2 aromatic heterocycles. The molecule has 0 amide bonds. The van der Waals surface area contributed by atoms with E-state index in [2.05, 4.69) is 6.07 Å². The van der Waals surface area contributed by atoms with Gasteiger partial charge in [0.25, 0.3) is 0 Å². The summed E-state index contributed by atoms with van der Waals surface area (Å²) in [6.07, 6.45) is 0. The fourth-order valence-electron chi connectivity index (χ4n) is 1.66. The van der Waals surface area contributed by atoms with Crippen LogP contribution in [0.5, 0.6) is 0 Å². The van der Waals surface area contributed by atoms with Crippen LogP contribution in [0.4, 0.5) is 0 Å². The standard InChI is InChI=1S/C12H7OS2.U/c1-7-3-2-4-8-10(13)9-5-6-14-12(9)15-11(7)8;/h2-3,5-6H,1H3;/q-1;. The molecule has 0 aliphatic rings. The van der Waals surface area contributed by atoms with Gasteiger partial charge in [-0.05, 0) is 16.1 Å². The van der Waals surface area contributed by atoms with Crippen molar-refractivity contribution in [3.05, 3.63) is 45.4 Å². The van der Waals surface area contributed by atoms with Gasteiger partial charge >= 0.3 is 0 Å². The molecule has 0 fully saturated rings. The van der Waals surface area contributed by atoms with Gasteiger partial charge in [-0.2, -0.15) is 11.3 Å². The van der Waals surface area contributed by atoms with E-state index >= 15 is 0 Å². The van der Waals surface area contributed by atoms with Gasteiger partial charge in [-0.3, -0.25) is 0 Å². The second-order valence-electron chi connectivity index (χ2n) is 3.42. The van der Waals surface area contributed by atoms with Crippen LogP contribution < -0.4 is 5.43 Å². The SMILES string of the molecule is Cc1cc[c-]c2c(=O)c3ccsc3sc12.[U]. The molecule has 0 aliphatic carbocycles. The van der Waals surface area contributed by atoms with Crippen LogP contribution >= 0.6 is 22.7 Å². The van der Waals surface area contributed by atoms with Gasteiger partial charge in [0, 0.05) is 36.5 Å². The molecule has 2 heterocycles. The Balaban J connectivity index is 0.000000963. The van der Waals surface area contributed by atoms with Crippen LogP contribution in [0.3, 0.4) is 0 Å². The molecule has 16 heavy (non-hydrogen) atoms. The van der Waals surface area contributed by atoms with Crippen molar-refractivity contribution in [1.29, 1.82) is 0 Å². The van der Waals surface area contributed by atoms with Crippen molar-refractivity contribution in [3.8, 4) is 0 Å². The first-order valence-electron chi connectivity index (χ1n) is 4.58. The molecular formula is C12H7OS2U-. The average molecular weight is 469 g/mol.